The number of rotatable bonds is 10. The van der Waals surface area contributed by atoms with Crippen LogP contribution in [0.1, 0.15) is 12.0 Å². The van der Waals surface area contributed by atoms with E-state index in [0.717, 1.165) is 17.9 Å². The molecule has 0 radical (unpaired) electrons. The highest BCUT2D eigenvalue weighted by Gasteiger charge is 2.18. The summed E-state index contributed by atoms with van der Waals surface area (Å²) in [6, 6.07) is 9.31. The topological polar surface area (TPSA) is 66.4 Å². The second kappa shape index (κ2) is 10.6. The molecule has 0 saturated heterocycles. The second-order valence-electron chi connectivity index (χ2n) is 4.53. The maximum Gasteiger partial charge on any atom is 0.326 e. The van der Waals surface area contributed by atoms with Crippen LogP contribution in [0.25, 0.3) is 0 Å². The van der Waals surface area contributed by atoms with E-state index in [1.54, 1.807) is 11.8 Å². The minimum absolute atomic E-state index is 0.207. The van der Waals surface area contributed by atoms with Crippen molar-refractivity contribution in [1.82, 2.24) is 5.32 Å². The van der Waals surface area contributed by atoms with E-state index in [-0.39, 0.29) is 5.91 Å². The smallest absolute Gasteiger partial charge is 0.326 e. The monoisotopic (exact) mass is 327 g/mol. The molecule has 0 aliphatic carbocycles. The van der Waals surface area contributed by atoms with Crippen LogP contribution in [0.3, 0.4) is 0 Å². The van der Waals surface area contributed by atoms with Crippen molar-refractivity contribution in [2.45, 2.75) is 18.9 Å². The number of aryl methyl sites for hydroxylation is 1. The zero-order chi connectivity index (χ0) is 15.5. The van der Waals surface area contributed by atoms with Crippen molar-refractivity contribution >= 4 is 35.4 Å². The van der Waals surface area contributed by atoms with Crippen molar-refractivity contribution in [3.63, 3.8) is 0 Å². The number of hydrogen-bond donors (Lipinski definition) is 2. The van der Waals surface area contributed by atoms with Gasteiger partial charge in [0.15, 0.2) is 0 Å². The van der Waals surface area contributed by atoms with Gasteiger partial charge < -0.3 is 10.4 Å². The van der Waals surface area contributed by atoms with Crippen LogP contribution in [0.4, 0.5) is 0 Å². The van der Waals surface area contributed by atoms with Gasteiger partial charge in [0.1, 0.15) is 6.04 Å². The van der Waals surface area contributed by atoms with Crippen LogP contribution >= 0.6 is 23.5 Å². The van der Waals surface area contributed by atoms with Gasteiger partial charge in [0.2, 0.25) is 5.91 Å². The molecule has 0 bridgehead atoms. The zero-order valence-corrected chi connectivity index (χ0v) is 13.7. The molecule has 0 fully saturated rings. The number of nitrogens with one attached hydrogen (secondary N) is 1. The maximum atomic E-state index is 11.7. The summed E-state index contributed by atoms with van der Waals surface area (Å²) < 4.78 is 0. The van der Waals surface area contributed by atoms with E-state index < -0.39 is 12.0 Å². The van der Waals surface area contributed by atoms with Crippen molar-refractivity contribution in [3.05, 3.63) is 35.9 Å². The van der Waals surface area contributed by atoms with E-state index in [1.165, 1.54) is 17.3 Å². The Morgan fingerprint density at radius 2 is 1.95 bits per heavy atom. The fraction of sp³-hybridized carbons (Fsp3) is 0.467. The van der Waals surface area contributed by atoms with Gasteiger partial charge in [0.25, 0.3) is 0 Å². The summed E-state index contributed by atoms with van der Waals surface area (Å²) in [5.74, 6) is 0.696. The van der Waals surface area contributed by atoms with Gasteiger partial charge in [-0.2, -0.15) is 23.5 Å². The number of thioether (sulfide) groups is 2. The van der Waals surface area contributed by atoms with E-state index in [4.69, 9.17) is 5.11 Å². The third kappa shape index (κ3) is 8.02. The van der Waals surface area contributed by atoms with Gasteiger partial charge in [-0.05, 0) is 36.2 Å². The average Bonchev–Trinajstić information content (AvgIpc) is 2.48. The first-order valence-corrected chi connectivity index (χ1v) is 9.31. The normalized spacial score (nSPS) is 11.9. The first-order chi connectivity index (χ1) is 10.1. The van der Waals surface area contributed by atoms with Crippen LogP contribution in [0.2, 0.25) is 0 Å². The van der Waals surface area contributed by atoms with E-state index in [2.05, 4.69) is 17.4 Å². The summed E-state index contributed by atoms with van der Waals surface area (Å²) in [6.45, 7) is 0. The van der Waals surface area contributed by atoms with Gasteiger partial charge in [0, 0.05) is 0 Å². The van der Waals surface area contributed by atoms with Gasteiger partial charge in [-0.25, -0.2) is 4.79 Å². The van der Waals surface area contributed by atoms with Gasteiger partial charge in [-0.1, -0.05) is 30.3 Å². The number of carboxylic acid groups (broad SMARTS) is 1. The van der Waals surface area contributed by atoms with E-state index in [0.29, 0.717) is 12.2 Å². The first kappa shape index (κ1) is 17.9. The maximum absolute atomic E-state index is 11.7. The Bertz CT molecular complexity index is 440. The SMILES string of the molecule is CSCCC(NC(=O)CSCCc1ccccc1)C(=O)O. The fourth-order valence-electron chi connectivity index (χ4n) is 1.73. The highest BCUT2D eigenvalue weighted by atomic mass is 32.2. The van der Waals surface area contributed by atoms with Crippen molar-refractivity contribution < 1.29 is 14.7 Å². The highest BCUT2D eigenvalue weighted by molar-refractivity contribution is 7.99. The van der Waals surface area contributed by atoms with Crippen molar-refractivity contribution in [2.75, 3.05) is 23.5 Å². The molecule has 4 nitrogen and oxygen atoms in total. The molecule has 6 heteroatoms. The number of carboxylic acids is 1. The third-order valence-corrected chi connectivity index (χ3v) is 4.46. The number of aliphatic carboxylic acids is 1. The first-order valence-electron chi connectivity index (χ1n) is 6.76. The van der Waals surface area contributed by atoms with E-state index >= 15 is 0 Å². The standard InChI is InChI=1S/C15H21NO3S2/c1-20-9-8-13(15(18)19)16-14(17)11-21-10-7-12-5-3-2-4-6-12/h2-6,13H,7-11H2,1H3,(H,16,17)(H,18,19). The molecule has 0 aromatic heterocycles. The molecule has 0 heterocycles. The Labute approximate surface area is 134 Å². The van der Waals surface area contributed by atoms with Crippen molar-refractivity contribution in [2.24, 2.45) is 0 Å². The predicted octanol–water partition coefficient (Wildman–Crippen LogP) is 2.28. The zero-order valence-electron chi connectivity index (χ0n) is 12.1. The number of amides is 1. The second-order valence-corrected chi connectivity index (χ2v) is 6.62. The van der Waals surface area contributed by atoms with Crippen LogP contribution in [-0.2, 0) is 16.0 Å². The molecule has 1 aromatic carbocycles. The Morgan fingerprint density at radius 1 is 1.24 bits per heavy atom. The van der Waals surface area contributed by atoms with Gasteiger partial charge >= 0.3 is 5.97 Å². The molecule has 21 heavy (non-hydrogen) atoms. The predicted molar refractivity (Wildman–Crippen MR) is 90.0 cm³/mol. The molecule has 1 amide bonds. The molecular formula is C15H21NO3S2. The fourth-order valence-corrected chi connectivity index (χ4v) is 2.99. The average molecular weight is 327 g/mol. The third-order valence-electron chi connectivity index (χ3n) is 2.86. The van der Waals surface area contributed by atoms with Crippen LogP contribution in [-0.4, -0.2) is 46.5 Å². The molecule has 1 aromatic rings. The van der Waals surface area contributed by atoms with Crippen LogP contribution in [0.15, 0.2) is 30.3 Å². The molecule has 0 aliphatic heterocycles. The molecular weight excluding hydrogens is 306 g/mol. The lowest BCUT2D eigenvalue weighted by Crippen LogP contribution is -2.42. The summed E-state index contributed by atoms with van der Waals surface area (Å²) in [6.07, 6.45) is 3.28. The van der Waals surface area contributed by atoms with Gasteiger partial charge in [-0.3, -0.25) is 4.79 Å². The quantitative estimate of drug-likeness (QED) is 0.646. The summed E-state index contributed by atoms with van der Waals surface area (Å²) in [5, 5.41) is 11.6. The Morgan fingerprint density at radius 3 is 2.57 bits per heavy atom. The molecule has 0 aliphatic rings. The Balaban J connectivity index is 2.21. The Kier molecular flexibility index (Phi) is 9.01. The number of hydrogen-bond acceptors (Lipinski definition) is 4. The van der Waals surface area contributed by atoms with Crippen molar-refractivity contribution in [1.29, 1.82) is 0 Å². The minimum Gasteiger partial charge on any atom is -0.480 e. The van der Waals surface area contributed by atoms with Crippen molar-refractivity contribution in [3.8, 4) is 0 Å². The van der Waals surface area contributed by atoms with Gasteiger partial charge in [-0.15, -0.1) is 0 Å². The molecule has 1 atom stereocenters. The lowest BCUT2D eigenvalue weighted by molar-refractivity contribution is -0.141. The van der Waals surface area contributed by atoms with E-state index in [1.807, 2.05) is 24.5 Å². The molecule has 0 saturated carbocycles. The molecule has 1 rings (SSSR count). The molecule has 0 spiro atoms. The van der Waals surface area contributed by atoms with E-state index in [9.17, 15) is 9.59 Å². The number of benzene rings is 1. The van der Waals surface area contributed by atoms with Crippen LogP contribution < -0.4 is 5.32 Å². The summed E-state index contributed by atoms with van der Waals surface area (Å²) in [7, 11) is 0. The summed E-state index contributed by atoms with van der Waals surface area (Å²) in [5.41, 5.74) is 1.24. The number of carbonyl (C=O) groups excluding carboxylic acids is 1. The Hall–Kier alpha value is -1.14. The van der Waals surface area contributed by atoms with Gasteiger partial charge in [0.05, 0.1) is 5.75 Å². The minimum atomic E-state index is -0.966. The summed E-state index contributed by atoms with van der Waals surface area (Å²) >= 11 is 3.10. The molecule has 116 valence electrons. The lowest BCUT2D eigenvalue weighted by Gasteiger charge is -2.13. The lowest BCUT2D eigenvalue weighted by atomic mass is 10.2. The largest absolute Gasteiger partial charge is 0.480 e. The number of carbonyl (C=O) groups is 2. The molecule has 1 unspecified atom stereocenters. The summed E-state index contributed by atoms with van der Waals surface area (Å²) in [4.78, 5) is 22.8. The molecule has 2 N–H and O–H groups in total. The van der Waals surface area contributed by atoms with Crippen LogP contribution in [0.5, 0.6) is 0 Å². The highest BCUT2D eigenvalue weighted by Crippen LogP contribution is 2.07. The van der Waals surface area contributed by atoms with Crippen LogP contribution in [0, 0.1) is 0 Å².